The molecule has 2 rings (SSSR count). The van der Waals surface area contributed by atoms with Crippen molar-refractivity contribution in [3.8, 4) is 5.75 Å². The lowest BCUT2D eigenvalue weighted by atomic mass is 9.98. The summed E-state index contributed by atoms with van der Waals surface area (Å²) in [5.74, 6) is 0.873. The monoisotopic (exact) mass is 249 g/mol. The molecule has 1 amide bonds. The van der Waals surface area contributed by atoms with Crippen molar-refractivity contribution >= 4 is 5.91 Å². The number of phenols is 1. The van der Waals surface area contributed by atoms with Gasteiger partial charge in [-0.1, -0.05) is 12.1 Å². The van der Waals surface area contributed by atoms with Gasteiger partial charge in [-0.15, -0.1) is 0 Å². The summed E-state index contributed by atoms with van der Waals surface area (Å²) in [6.07, 6.45) is 1.50. The summed E-state index contributed by atoms with van der Waals surface area (Å²) < 4.78 is 5.00. The van der Waals surface area contributed by atoms with Crippen LogP contribution >= 0.6 is 0 Å². The lowest BCUT2D eigenvalue weighted by Crippen LogP contribution is -2.28. The van der Waals surface area contributed by atoms with E-state index in [9.17, 15) is 9.90 Å². The Kier molecular flexibility index (Phi) is 4.20. The van der Waals surface area contributed by atoms with Crippen molar-refractivity contribution < 1.29 is 14.6 Å². The number of phenolic OH excluding ortho intramolecular Hbond substituents is 1. The zero-order valence-electron chi connectivity index (χ0n) is 10.6. The second-order valence-corrected chi connectivity index (χ2v) is 4.77. The number of aromatic hydroxyl groups is 1. The molecule has 1 fully saturated rings. The Morgan fingerprint density at radius 2 is 2.11 bits per heavy atom. The maximum atomic E-state index is 11.8. The number of carbonyl (C=O) groups excluding carboxylic acids is 1. The number of methoxy groups -OCH3 is 1. The van der Waals surface area contributed by atoms with Gasteiger partial charge in [0, 0.05) is 26.6 Å². The molecule has 1 aromatic carbocycles. The number of ether oxygens (including phenoxy) is 1. The molecule has 1 aliphatic rings. The van der Waals surface area contributed by atoms with Crippen LogP contribution in [0, 0.1) is 5.92 Å². The van der Waals surface area contributed by atoms with Crippen molar-refractivity contribution in [3.05, 3.63) is 29.8 Å². The Bertz CT molecular complexity index is 402. The van der Waals surface area contributed by atoms with Crippen molar-refractivity contribution in [3.63, 3.8) is 0 Å². The molecule has 1 saturated heterocycles. The summed E-state index contributed by atoms with van der Waals surface area (Å²) in [5, 5.41) is 9.22. The summed E-state index contributed by atoms with van der Waals surface area (Å²) in [4.78, 5) is 13.6. The Labute approximate surface area is 107 Å². The number of hydrogen-bond donors (Lipinski definition) is 1. The van der Waals surface area contributed by atoms with E-state index in [0.29, 0.717) is 25.5 Å². The zero-order valence-corrected chi connectivity index (χ0v) is 10.6. The number of rotatable bonds is 5. The van der Waals surface area contributed by atoms with E-state index in [4.69, 9.17) is 4.74 Å². The van der Waals surface area contributed by atoms with Crippen LogP contribution in [-0.2, 0) is 16.0 Å². The third-order valence-electron chi connectivity index (χ3n) is 3.32. The molecule has 1 N–H and O–H groups in total. The highest BCUT2D eigenvalue weighted by Gasteiger charge is 2.28. The van der Waals surface area contributed by atoms with Gasteiger partial charge >= 0.3 is 0 Å². The molecule has 0 saturated carbocycles. The molecule has 0 aliphatic carbocycles. The quantitative estimate of drug-likeness (QED) is 0.858. The molecule has 18 heavy (non-hydrogen) atoms. The number of likely N-dealkylation sites (tertiary alicyclic amines) is 1. The molecule has 4 heteroatoms. The van der Waals surface area contributed by atoms with E-state index in [1.165, 1.54) is 5.56 Å². The molecule has 0 bridgehead atoms. The van der Waals surface area contributed by atoms with Crippen LogP contribution in [0.2, 0.25) is 0 Å². The van der Waals surface area contributed by atoms with Gasteiger partial charge < -0.3 is 14.7 Å². The first kappa shape index (κ1) is 12.9. The summed E-state index contributed by atoms with van der Waals surface area (Å²) in [5.41, 5.74) is 1.17. The van der Waals surface area contributed by atoms with Crippen molar-refractivity contribution in [1.29, 1.82) is 0 Å². The van der Waals surface area contributed by atoms with Gasteiger partial charge in [-0.05, 0) is 30.0 Å². The predicted octanol–water partition coefficient (Wildman–Crippen LogP) is 1.43. The van der Waals surface area contributed by atoms with E-state index in [2.05, 4.69) is 0 Å². The van der Waals surface area contributed by atoms with Crippen molar-refractivity contribution in [2.75, 3.05) is 26.8 Å². The molecular weight excluding hydrogens is 230 g/mol. The summed E-state index contributed by atoms with van der Waals surface area (Å²) in [7, 11) is 1.65. The fourth-order valence-electron chi connectivity index (χ4n) is 2.37. The van der Waals surface area contributed by atoms with E-state index < -0.39 is 0 Å². The fourth-order valence-corrected chi connectivity index (χ4v) is 2.37. The molecule has 1 atom stereocenters. The van der Waals surface area contributed by atoms with Gasteiger partial charge in [-0.3, -0.25) is 4.79 Å². The summed E-state index contributed by atoms with van der Waals surface area (Å²) in [6, 6.07) is 7.21. The average molecular weight is 249 g/mol. The highest BCUT2D eigenvalue weighted by molar-refractivity contribution is 5.78. The first-order valence-corrected chi connectivity index (χ1v) is 6.23. The minimum Gasteiger partial charge on any atom is -0.508 e. The Balaban J connectivity index is 1.88. The maximum absolute atomic E-state index is 11.8. The average Bonchev–Trinajstić information content (AvgIpc) is 2.70. The Morgan fingerprint density at radius 3 is 2.78 bits per heavy atom. The summed E-state index contributed by atoms with van der Waals surface area (Å²) in [6.45, 7) is 2.09. The molecule has 1 aromatic rings. The van der Waals surface area contributed by atoms with Crippen LogP contribution < -0.4 is 0 Å². The van der Waals surface area contributed by atoms with Gasteiger partial charge in [0.2, 0.25) is 5.91 Å². The molecule has 1 heterocycles. The highest BCUT2D eigenvalue weighted by Crippen LogP contribution is 2.22. The second-order valence-electron chi connectivity index (χ2n) is 4.77. The van der Waals surface area contributed by atoms with E-state index in [1.807, 2.05) is 17.0 Å². The molecule has 0 spiro atoms. The number of hydrogen-bond acceptors (Lipinski definition) is 3. The van der Waals surface area contributed by atoms with Gasteiger partial charge in [0.25, 0.3) is 0 Å². The number of carbonyl (C=O) groups is 1. The smallest absolute Gasteiger partial charge is 0.223 e. The topological polar surface area (TPSA) is 49.8 Å². The van der Waals surface area contributed by atoms with Crippen LogP contribution in [0.4, 0.5) is 0 Å². The standard InChI is InChI=1S/C14H19NO3/c1-18-7-6-15-10-12(9-14(15)17)8-11-2-4-13(16)5-3-11/h2-5,12,16H,6-10H2,1H3. The lowest BCUT2D eigenvalue weighted by molar-refractivity contribution is -0.128. The lowest BCUT2D eigenvalue weighted by Gasteiger charge is -2.15. The molecule has 1 aliphatic heterocycles. The molecule has 4 nitrogen and oxygen atoms in total. The maximum Gasteiger partial charge on any atom is 0.223 e. The van der Waals surface area contributed by atoms with Gasteiger partial charge in [0.15, 0.2) is 0 Å². The van der Waals surface area contributed by atoms with Crippen LogP contribution in [0.3, 0.4) is 0 Å². The molecular formula is C14H19NO3. The second kappa shape index (κ2) is 5.87. The predicted molar refractivity (Wildman–Crippen MR) is 68.4 cm³/mol. The van der Waals surface area contributed by atoms with Crippen LogP contribution in [0.15, 0.2) is 24.3 Å². The molecule has 1 unspecified atom stereocenters. The van der Waals surface area contributed by atoms with Crippen molar-refractivity contribution in [2.45, 2.75) is 12.8 Å². The van der Waals surface area contributed by atoms with E-state index in [-0.39, 0.29) is 11.7 Å². The van der Waals surface area contributed by atoms with E-state index in [1.54, 1.807) is 19.2 Å². The van der Waals surface area contributed by atoms with Crippen LogP contribution in [0.1, 0.15) is 12.0 Å². The van der Waals surface area contributed by atoms with Crippen LogP contribution in [0.25, 0.3) is 0 Å². The first-order valence-electron chi connectivity index (χ1n) is 6.23. The SMILES string of the molecule is COCCN1CC(Cc2ccc(O)cc2)CC1=O. The van der Waals surface area contributed by atoms with Gasteiger partial charge in [-0.2, -0.15) is 0 Å². The van der Waals surface area contributed by atoms with Gasteiger partial charge in [0.1, 0.15) is 5.75 Å². The summed E-state index contributed by atoms with van der Waals surface area (Å²) >= 11 is 0. The van der Waals surface area contributed by atoms with Crippen LogP contribution in [0.5, 0.6) is 5.75 Å². The van der Waals surface area contributed by atoms with Crippen molar-refractivity contribution in [1.82, 2.24) is 4.90 Å². The van der Waals surface area contributed by atoms with Crippen molar-refractivity contribution in [2.24, 2.45) is 5.92 Å². The number of nitrogens with zero attached hydrogens (tertiary/aromatic N) is 1. The van der Waals surface area contributed by atoms with Gasteiger partial charge in [-0.25, -0.2) is 0 Å². The third kappa shape index (κ3) is 3.23. The normalized spacial score (nSPS) is 19.5. The largest absolute Gasteiger partial charge is 0.508 e. The van der Waals surface area contributed by atoms with Crippen LogP contribution in [-0.4, -0.2) is 42.7 Å². The highest BCUT2D eigenvalue weighted by atomic mass is 16.5. The number of amides is 1. The molecule has 0 radical (unpaired) electrons. The minimum absolute atomic E-state index is 0.218. The minimum atomic E-state index is 0.218. The zero-order chi connectivity index (χ0) is 13.0. The van der Waals surface area contributed by atoms with E-state index in [0.717, 1.165) is 13.0 Å². The van der Waals surface area contributed by atoms with E-state index >= 15 is 0 Å². The molecule has 98 valence electrons. The molecule has 0 aromatic heterocycles. The van der Waals surface area contributed by atoms with Gasteiger partial charge in [0.05, 0.1) is 6.61 Å². The third-order valence-corrected chi connectivity index (χ3v) is 3.32. The Hall–Kier alpha value is -1.55. The Morgan fingerprint density at radius 1 is 1.39 bits per heavy atom. The fraction of sp³-hybridized carbons (Fsp3) is 0.500. The number of benzene rings is 1. The first-order chi connectivity index (χ1) is 8.69.